The first-order valence-electron chi connectivity index (χ1n) is 11.6. The van der Waals surface area contributed by atoms with Gasteiger partial charge < -0.3 is 20.1 Å². The molecular formula is C26H34N6O4. The Bertz CT molecular complexity index is 1250. The average Bonchev–Trinajstić information content (AvgIpc) is 3.25. The molecule has 1 aromatic carbocycles. The molecule has 0 aliphatic rings. The molecule has 0 bridgehead atoms. The predicted molar refractivity (Wildman–Crippen MR) is 137 cm³/mol. The van der Waals surface area contributed by atoms with Crippen molar-refractivity contribution >= 4 is 17.7 Å². The summed E-state index contributed by atoms with van der Waals surface area (Å²) in [6.07, 6.45) is 2.48. The van der Waals surface area contributed by atoms with Gasteiger partial charge in [-0.05, 0) is 36.1 Å². The van der Waals surface area contributed by atoms with Gasteiger partial charge in [0.2, 0.25) is 0 Å². The van der Waals surface area contributed by atoms with Gasteiger partial charge in [-0.2, -0.15) is 0 Å². The number of aryl methyl sites for hydroxylation is 1. The highest BCUT2D eigenvalue weighted by Gasteiger charge is 2.20. The van der Waals surface area contributed by atoms with Crippen molar-refractivity contribution in [1.29, 1.82) is 0 Å². The first-order chi connectivity index (χ1) is 16.8. The van der Waals surface area contributed by atoms with Crippen molar-refractivity contribution in [3.05, 3.63) is 53.5 Å². The lowest BCUT2D eigenvalue weighted by Gasteiger charge is -2.20. The van der Waals surface area contributed by atoms with Gasteiger partial charge in [-0.15, -0.1) is 0 Å². The molecule has 0 aliphatic carbocycles. The maximum atomic E-state index is 13.1. The number of benzene rings is 1. The van der Waals surface area contributed by atoms with Crippen LogP contribution >= 0.6 is 0 Å². The van der Waals surface area contributed by atoms with Crippen LogP contribution in [0, 0.1) is 12.3 Å². The second-order valence-corrected chi connectivity index (χ2v) is 10.8. The Hall–Kier alpha value is -3.95. The van der Waals surface area contributed by atoms with E-state index in [9.17, 15) is 9.59 Å². The van der Waals surface area contributed by atoms with E-state index in [1.54, 1.807) is 18.3 Å². The Morgan fingerprint density at radius 2 is 1.81 bits per heavy atom. The van der Waals surface area contributed by atoms with Crippen LogP contribution in [-0.4, -0.2) is 45.6 Å². The lowest BCUT2D eigenvalue weighted by Crippen LogP contribution is -2.34. The summed E-state index contributed by atoms with van der Waals surface area (Å²) in [6, 6.07) is 7.05. The van der Waals surface area contributed by atoms with Crippen molar-refractivity contribution < 1.29 is 19.1 Å². The fourth-order valence-electron chi connectivity index (χ4n) is 3.19. The van der Waals surface area contributed by atoms with E-state index in [4.69, 9.17) is 9.47 Å². The van der Waals surface area contributed by atoms with E-state index < -0.39 is 6.09 Å². The van der Waals surface area contributed by atoms with Gasteiger partial charge in [-0.3, -0.25) is 9.78 Å². The van der Waals surface area contributed by atoms with E-state index in [-0.39, 0.29) is 22.6 Å². The standard InChI is InChI=1S/C26H34N6O4/c1-16-9-10-17(23(33)29-18-12-21(26(5,6)7)27-13-20(18)35-8)11-19(16)32-14-22(30-31-32)36-24(34)28-15-25(2,3)4/h9-14H,15H2,1-8H3,(H,28,34)(H,27,29,33). The fraction of sp³-hybridized carbons (Fsp3) is 0.423. The number of ether oxygens (including phenoxy) is 2. The lowest BCUT2D eigenvalue weighted by atomic mass is 9.91. The minimum absolute atomic E-state index is 0.0481. The van der Waals surface area contributed by atoms with Gasteiger partial charge in [0.05, 0.1) is 30.9 Å². The summed E-state index contributed by atoms with van der Waals surface area (Å²) in [5.41, 5.74) is 2.97. The normalized spacial score (nSPS) is 11.7. The van der Waals surface area contributed by atoms with Crippen molar-refractivity contribution in [2.45, 2.75) is 53.9 Å². The van der Waals surface area contributed by atoms with Gasteiger partial charge >= 0.3 is 6.09 Å². The molecule has 10 nitrogen and oxygen atoms in total. The lowest BCUT2D eigenvalue weighted by molar-refractivity contribution is 0.102. The predicted octanol–water partition coefficient (Wildman–Crippen LogP) is 4.66. The molecular weight excluding hydrogens is 460 g/mol. The molecule has 2 amide bonds. The molecule has 2 N–H and O–H groups in total. The topological polar surface area (TPSA) is 120 Å². The summed E-state index contributed by atoms with van der Waals surface area (Å²) in [5.74, 6) is 0.192. The molecule has 0 spiro atoms. The summed E-state index contributed by atoms with van der Waals surface area (Å²) >= 11 is 0. The van der Waals surface area contributed by atoms with Crippen LogP contribution in [0.3, 0.4) is 0 Å². The van der Waals surface area contributed by atoms with Crippen molar-refractivity contribution in [2.75, 3.05) is 19.0 Å². The summed E-state index contributed by atoms with van der Waals surface area (Å²) < 4.78 is 12.1. The van der Waals surface area contributed by atoms with E-state index in [0.29, 0.717) is 29.2 Å². The number of methoxy groups -OCH3 is 1. The number of aromatic nitrogens is 4. The highest BCUT2D eigenvalue weighted by atomic mass is 16.6. The summed E-state index contributed by atoms with van der Waals surface area (Å²) in [6.45, 7) is 14.5. The number of carbonyl (C=O) groups excluding carboxylic acids is 2. The van der Waals surface area contributed by atoms with E-state index in [2.05, 4.69) is 25.9 Å². The van der Waals surface area contributed by atoms with Gasteiger partial charge in [0.15, 0.2) is 5.75 Å². The first-order valence-corrected chi connectivity index (χ1v) is 11.6. The van der Waals surface area contributed by atoms with Gasteiger partial charge in [0.1, 0.15) is 0 Å². The van der Waals surface area contributed by atoms with Crippen LogP contribution in [-0.2, 0) is 5.41 Å². The van der Waals surface area contributed by atoms with Crippen LogP contribution in [0.5, 0.6) is 11.6 Å². The Morgan fingerprint density at radius 1 is 1.08 bits per heavy atom. The van der Waals surface area contributed by atoms with Crippen LogP contribution in [0.1, 0.15) is 63.2 Å². The fourth-order valence-corrected chi connectivity index (χ4v) is 3.19. The van der Waals surface area contributed by atoms with Crippen LogP contribution in [0.2, 0.25) is 0 Å². The molecule has 0 atom stereocenters. The highest BCUT2D eigenvalue weighted by Crippen LogP contribution is 2.30. The van der Waals surface area contributed by atoms with Crippen molar-refractivity contribution in [2.24, 2.45) is 5.41 Å². The SMILES string of the molecule is COc1cnc(C(C)(C)C)cc1NC(=O)c1ccc(C)c(-n2cc(OC(=O)NCC(C)(C)C)nn2)c1. The quantitative estimate of drug-likeness (QED) is 0.511. The Balaban J connectivity index is 1.80. The third-order valence-corrected chi connectivity index (χ3v) is 5.25. The highest BCUT2D eigenvalue weighted by molar-refractivity contribution is 6.05. The van der Waals surface area contributed by atoms with Gasteiger partial charge in [0, 0.05) is 23.2 Å². The zero-order chi connectivity index (χ0) is 26.7. The molecule has 0 unspecified atom stereocenters. The Labute approximate surface area is 211 Å². The number of hydrogen-bond acceptors (Lipinski definition) is 7. The number of pyridine rings is 1. The second-order valence-electron chi connectivity index (χ2n) is 10.8. The Kier molecular flexibility index (Phi) is 7.66. The number of nitrogens with zero attached hydrogens (tertiary/aromatic N) is 4. The molecule has 10 heteroatoms. The van der Waals surface area contributed by atoms with Crippen LogP contribution in [0.15, 0.2) is 36.7 Å². The number of nitrogens with one attached hydrogen (secondary N) is 2. The molecule has 192 valence electrons. The Morgan fingerprint density at radius 3 is 2.44 bits per heavy atom. The van der Waals surface area contributed by atoms with Gasteiger partial charge in [-0.25, -0.2) is 9.48 Å². The number of rotatable bonds is 6. The van der Waals surface area contributed by atoms with E-state index >= 15 is 0 Å². The van der Waals surface area contributed by atoms with Crippen LogP contribution in [0.4, 0.5) is 10.5 Å². The molecule has 0 aliphatic heterocycles. The zero-order valence-electron chi connectivity index (χ0n) is 22.1. The molecule has 3 rings (SSSR count). The van der Waals surface area contributed by atoms with Crippen LogP contribution in [0.25, 0.3) is 5.69 Å². The molecule has 36 heavy (non-hydrogen) atoms. The monoisotopic (exact) mass is 494 g/mol. The van der Waals surface area contributed by atoms with E-state index in [1.807, 2.05) is 60.6 Å². The van der Waals surface area contributed by atoms with Gasteiger partial charge in [0.25, 0.3) is 11.8 Å². The van der Waals surface area contributed by atoms with Crippen molar-refractivity contribution in [1.82, 2.24) is 25.3 Å². The number of amides is 2. The number of anilines is 1. The van der Waals surface area contributed by atoms with Crippen molar-refractivity contribution in [3.8, 4) is 17.3 Å². The van der Waals surface area contributed by atoms with Crippen LogP contribution < -0.4 is 20.1 Å². The van der Waals surface area contributed by atoms with E-state index in [0.717, 1.165) is 11.3 Å². The maximum absolute atomic E-state index is 13.1. The van der Waals surface area contributed by atoms with Crippen molar-refractivity contribution in [3.63, 3.8) is 0 Å². The molecule has 3 aromatic rings. The largest absolute Gasteiger partial charge is 0.493 e. The molecule has 0 saturated heterocycles. The number of carbonyl (C=O) groups is 2. The molecule has 0 saturated carbocycles. The summed E-state index contributed by atoms with van der Waals surface area (Å²) in [4.78, 5) is 29.6. The van der Waals surface area contributed by atoms with Gasteiger partial charge in [-0.1, -0.05) is 57.9 Å². The molecule has 0 fully saturated rings. The zero-order valence-corrected chi connectivity index (χ0v) is 22.1. The third kappa shape index (κ3) is 6.80. The summed E-state index contributed by atoms with van der Waals surface area (Å²) in [5, 5.41) is 13.6. The smallest absolute Gasteiger partial charge is 0.414 e. The van der Waals surface area contributed by atoms with E-state index in [1.165, 1.54) is 18.0 Å². The third-order valence-electron chi connectivity index (χ3n) is 5.25. The molecule has 2 aromatic heterocycles. The second kappa shape index (κ2) is 10.3. The minimum atomic E-state index is -0.609. The molecule has 0 radical (unpaired) electrons. The molecule has 2 heterocycles. The maximum Gasteiger partial charge on any atom is 0.414 e. The number of hydrogen-bond donors (Lipinski definition) is 2. The summed E-state index contributed by atoms with van der Waals surface area (Å²) in [7, 11) is 1.53. The minimum Gasteiger partial charge on any atom is -0.493 e. The first kappa shape index (κ1) is 26.7. The average molecular weight is 495 g/mol.